The molecule has 2 rings (SSSR count). The number of Topliss-reactive ketones (excluding diaryl/α,β-unsaturated/α-hetero) is 1. The Kier molecular flexibility index (Phi) is 4.15. The van der Waals surface area contributed by atoms with Gasteiger partial charge in [-0.2, -0.15) is 5.10 Å². The number of hydrazone groups is 1. The van der Waals surface area contributed by atoms with E-state index in [0.29, 0.717) is 17.7 Å². The highest BCUT2D eigenvalue weighted by molar-refractivity contribution is 5.87. The maximum atomic E-state index is 11.5. The summed E-state index contributed by atoms with van der Waals surface area (Å²) >= 11 is 0. The second-order valence-electron chi connectivity index (χ2n) is 5.14. The van der Waals surface area contributed by atoms with Crippen LogP contribution < -0.4 is 0 Å². The van der Waals surface area contributed by atoms with Gasteiger partial charge < -0.3 is 4.74 Å². The van der Waals surface area contributed by atoms with Crippen LogP contribution in [-0.2, 0) is 9.53 Å². The molecule has 0 amide bonds. The van der Waals surface area contributed by atoms with E-state index in [9.17, 15) is 4.79 Å². The smallest absolute Gasteiger partial charge is 0.136 e. The van der Waals surface area contributed by atoms with Gasteiger partial charge in [-0.05, 0) is 19.3 Å². The first-order chi connectivity index (χ1) is 8.22. The summed E-state index contributed by atoms with van der Waals surface area (Å²) in [4.78, 5) is 11.5. The lowest BCUT2D eigenvalue weighted by molar-refractivity contribution is -0.120. The zero-order valence-corrected chi connectivity index (χ0v) is 10.8. The Balaban J connectivity index is 1.89. The molecule has 1 saturated heterocycles. The topological polar surface area (TPSA) is 41.9 Å². The number of ketones is 1. The number of nitrogens with zero attached hydrogens (tertiary/aromatic N) is 2. The van der Waals surface area contributed by atoms with Gasteiger partial charge in [0.25, 0.3) is 0 Å². The lowest BCUT2D eigenvalue weighted by Crippen LogP contribution is -2.29. The van der Waals surface area contributed by atoms with Crippen LogP contribution in [-0.4, -0.2) is 43.3 Å². The number of rotatable bonds is 4. The van der Waals surface area contributed by atoms with Crippen LogP contribution in [0.3, 0.4) is 0 Å². The third-order valence-corrected chi connectivity index (χ3v) is 3.99. The first-order valence-corrected chi connectivity index (χ1v) is 6.54. The van der Waals surface area contributed by atoms with Crippen molar-refractivity contribution in [3.8, 4) is 0 Å². The summed E-state index contributed by atoms with van der Waals surface area (Å²) in [6, 6.07) is 0.420. The summed E-state index contributed by atoms with van der Waals surface area (Å²) in [7, 11) is 1.73. The molecule has 1 aliphatic heterocycles. The minimum Gasteiger partial charge on any atom is -0.382 e. The Hall–Kier alpha value is -0.900. The quantitative estimate of drug-likeness (QED) is 0.700. The van der Waals surface area contributed by atoms with E-state index in [1.807, 2.05) is 13.1 Å². The number of carbonyl (C=O) groups is 1. The van der Waals surface area contributed by atoms with Crippen molar-refractivity contribution in [2.45, 2.75) is 38.6 Å². The molecule has 17 heavy (non-hydrogen) atoms. The van der Waals surface area contributed by atoms with Crippen LogP contribution in [0.5, 0.6) is 0 Å². The highest BCUT2D eigenvalue weighted by Gasteiger charge is 2.30. The third-order valence-electron chi connectivity index (χ3n) is 3.99. The number of methoxy groups -OCH3 is 1. The molecule has 4 heteroatoms. The Morgan fingerprint density at radius 3 is 3.00 bits per heavy atom. The van der Waals surface area contributed by atoms with Gasteiger partial charge in [0.1, 0.15) is 5.78 Å². The van der Waals surface area contributed by atoms with Gasteiger partial charge in [-0.3, -0.25) is 9.80 Å². The van der Waals surface area contributed by atoms with E-state index in [2.05, 4.69) is 10.1 Å². The van der Waals surface area contributed by atoms with Crippen molar-refractivity contribution >= 4 is 12.0 Å². The molecule has 2 aliphatic rings. The van der Waals surface area contributed by atoms with Crippen molar-refractivity contribution < 1.29 is 9.53 Å². The van der Waals surface area contributed by atoms with E-state index in [1.54, 1.807) is 7.11 Å². The van der Waals surface area contributed by atoms with Gasteiger partial charge in [0.15, 0.2) is 0 Å². The summed E-state index contributed by atoms with van der Waals surface area (Å²) in [5.41, 5.74) is 0. The van der Waals surface area contributed by atoms with E-state index >= 15 is 0 Å². The maximum Gasteiger partial charge on any atom is 0.136 e. The van der Waals surface area contributed by atoms with Crippen molar-refractivity contribution in [2.75, 3.05) is 20.3 Å². The fourth-order valence-electron chi connectivity index (χ4n) is 2.73. The van der Waals surface area contributed by atoms with Gasteiger partial charge in [-0.25, -0.2) is 0 Å². The molecule has 0 N–H and O–H groups in total. The van der Waals surface area contributed by atoms with Gasteiger partial charge in [-0.1, -0.05) is 6.92 Å². The highest BCUT2D eigenvalue weighted by atomic mass is 16.5. The second-order valence-corrected chi connectivity index (χ2v) is 5.14. The molecule has 0 aromatic heterocycles. The zero-order valence-electron chi connectivity index (χ0n) is 10.8. The summed E-state index contributed by atoms with van der Waals surface area (Å²) in [6.07, 6.45) is 6.02. The highest BCUT2D eigenvalue weighted by Crippen LogP contribution is 2.27. The molecule has 0 aromatic carbocycles. The molecular weight excluding hydrogens is 216 g/mol. The minimum atomic E-state index is 0.155. The van der Waals surface area contributed by atoms with Gasteiger partial charge in [0, 0.05) is 38.1 Å². The molecule has 3 atom stereocenters. The van der Waals surface area contributed by atoms with Crippen molar-refractivity contribution in [1.82, 2.24) is 5.01 Å². The average Bonchev–Trinajstić information content (AvgIpc) is 2.87. The maximum absolute atomic E-state index is 11.5. The van der Waals surface area contributed by atoms with Crippen LogP contribution in [0.2, 0.25) is 0 Å². The number of hydrogen-bond acceptors (Lipinski definition) is 4. The molecule has 0 aromatic rings. The van der Waals surface area contributed by atoms with Crippen molar-refractivity contribution in [3.63, 3.8) is 0 Å². The monoisotopic (exact) mass is 238 g/mol. The molecular formula is C13H22N2O2. The number of carbonyl (C=O) groups excluding carboxylic acids is 1. The van der Waals surface area contributed by atoms with Crippen molar-refractivity contribution in [3.05, 3.63) is 0 Å². The average molecular weight is 238 g/mol. The van der Waals surface area contributed by atoms with Crippen LogP contribution >= 0.6 is 0 Å². The van der Waals surface area contributed by atoms with Crippen molar-refractivity contribution in [1.29, 1.82) is 0 Å². The van der Waals surface area contributed by atoms with Gasteiger partial charge in [0.2, 0.25) is 0 Å². The Morgan fingerprint density at radius 1 is 1.53 bits per heavy atom. The number of hydrogen-bond donors (Lipinski definition) is 0. The molecule has 0 bridgehead atoms. The standard InChI is InChI=1S/C13H22N2O2/c1-10-11(5-6-13(10)16)8-14-15-7-3-4-12(15)9-17-2/h8,10-12H,3-7,9H2,1-2H3/b14-8+/t10-,11+,12+/m1/s1. The lowest BCUT2D eigenvalue weighted by Gasteiger charge is -2.21. The van der Waals surface area contributed by atoms with Gasteiger partial charge in [-0.15, -0.1) is 0 Å². The molecule has 0 radical (unpaired) electrons. The summed E-state index contributed by atoms with van der Waals surface area (Å²) < 4.78 is 5.20. The van der Waals surface area contributed by atoms with E-state index in [-0.39, 0.29) is 5.92 Å². The summed E-state index contributed by atoms with van der Waals surface area (Å²) in [6.45, 7) is 3.78. The summed E-state index contributed by atoms with van der Waals surface area (Å²) in [5, 5.41) is 6.69. The predicted molar refractivity (Wildman–Crippen MR) is 67.0 cm³/mol. The fraction of sp³-hybridized carbons (Fsp3) is 0.846. The molecule has 0 unspecified atom stereocenters. The van der Waals surface area contributed by atoms with Crippen LogP contribution in [0.25, 0.3) is 0 Å². The van der Waals surface area contributed by atoms with E-state index in [0.717, 1.165) is 32.4 Å². The largest absolute Gasteiger partial charge is 0.382 e. The SMILES string of the molecule is COC[C@@H]1CCCN1/N=C/[C@@H]1CCC(=O)[C@@H]1C. The van der Waals surface area contributed by atoms with Crippen LogP contribution in [0, 0.1) is 11.8 Å². The van der Waals surface area contributed by atoms with Crippen molar-refractivity contribution in [2.24, 2.45) is 16.9 Å². The first-order valence-electron chi connectivity index (χ1n) is 6.54. The predicted octanol–water partition coefficient (Wildman–Crippen LogP) is 1.70. The van der Waals surface area contributed by atoms with E-state index < -0.39 is 0 Å². The Morgan fingerprint density at radius 2 is 2.35 bits per heavy atom. The van der Waals surface area contributed by atoms with Crippen LogP contribution in [0.4, 0.5) is 0 Å². The van der Waals surface area contributed by atoms with Gasteiger partial charge >= 0.3 is 0 Å². The molecule has 2 fully saturated rings. The van der Waals surface area contributed by atoms with Crippen LogP contribution in [0.15, 0.2) is 5.10 Å². The molecule has 1 saturated carbocycles. The normalized spacial score (nSPS) is 34.1. The first kappa shape index (κ1) is 12.6. The van der Waals surface area contributed by atoms with Gasteiger partial charge in [0.05, 0.1) is 12.6 Å². The second kappa shape index (κ2) is 5.63. The molecule has 96 valence electrons. The lowest BCUT2D eigenvalue weighted by atomic mass is 9.99. The van der Waals surface area contributed by atoms with E-state index in [4.69, 9.17) is 4.74 Å². The molecule has 0 spiro atoms. The molecule has 4 nitrogen and oxygen atoms in total. The molecule has 1 heterocycles. The molecule has 1 aliphatic carbocycles. The van der Waals surface area contributed by atoms with Crippen LogP contribution in [0.1, 0.15) is 32.6 Å². The zero-order chi connectivity index (χ0) is 12.3. The van der Waals surface area contributed by atoms with E-state index in [1.165, 1.54) is 6.42 Å². The Bertz CT molecular complexity index is 304. The fourth-order valence-corrected chi connectivity index (χ4v) is 2.73. The summed E-state index contributed by atoms with van der Waals surface area (Å²) in [5.74, 6) is 0.879. The third kappa shape index (κ3) is 2.86. The number of ether oxygens (including phenoxy) is 1. The minimum absolute atomic E-state index is 0.155. The Labute approximate surface area is 103 Å².